The third kappa shape index (κ3) is 4.04. The summed E-state index contributed by atoms with van der Waals surface area (Å²) in [5.41, 5.74) is 1.04. The molecule has 0 amide bonds. The minimum atomic E-state index is -0.305. The smallest absolute Gasteiger partial charge is 0.133 e. The van der Waals surface area contributed by atoms with Crippen LogP contribution in [-0.4, -0.2) is 6.54 Å². The quantitative estimate of drug-likeness (QED) is 0.875. The Morgan fingerprint density at radius 2 is 2.05 bits per heavy atom. The molecule has 0 bridgehead atoms. The van der Waals surface area contributed by atoms with E-state index in [1.807, 2.05) is 25.1 Å². The highest BCUT2D eigenvalue weighted by atomic mass is 79.9. The molecule has 0 unspecified atom stereocenters. The van der Waals surface area contributed by atoms with Crippen LogP contribution >= 0.6 is 15.9 Å². The molecular formula is C15H15BrFNO. The first kappa shape index (κ1) is 14.0. The van der Waals surface area contributed by atoms with Gasteiger partial charge in [-0.05, 0) is 30.8 Å². The van der Waals surface area contributed by atoms with E-state index >= 15 is 0 Å². The van der Waals surface area contributed by atoms with Gasteiger partial charge in [0.05, 0.1) is 0 Å². The van der Waals surface area contributed by atoms with Crippen LogP contribution < -0.4 is 10.1 Å². The van der Waals surface area contributed by atoms with Crippen molar-refractivity contribution in [3.05, 3.63) is 58.3 Å². The zero-order valence-corrected chi connectivity index (χ0v) is 12.2. The molecule has 0 aliphatic heterocycles. The molecule has 0 atom stereocenters. The summed E-state index contributed by atoms with van der Waals surface area (Å²) in [7, 11) is 0. The average molecular weight is 324 g/mol. The zero-order chi connectivity index (χ0) is 13.7. The van der Waals surface area contributed by atoms with E-state index in [0.717, 1.165) is 22.3 Å². The van der Waals surface area contributed by atoms with E-state index in [9.17, 15) is 4.39 Å². The van der Waals surface area contributed by atoms with Gasteiger partial charge in [0.2, 0.25) is 0 Å². The molecular weight excluding hydrogens is 309 g/mol. The van der Waals surface area contributed by atoms with Crippen molar-refractivity contribution in [3.8, 4) is 11.5 Å². The number of halogens is 2. The maximum Gasteiger partial charge on any atom is 0.133 e. The topological polar surface area (TPSA) is 21.3 Å². The SMILES string of the molecule is CCNCc1ccc(Br)cc1Oc1cccc(F)c1. The number of nitrogens with one attached hydrogen (secondary N) is 1. The molecule has 2 aromatic rings. The van der Waals surface area contributed by atoms with Crippen molar-refractivity contribution >= 4 is 15.9 Å². The van der Waals surface area contributed by atoms with Crippen LogP contribution in [0, 0.1) is 5.82 Å². The van der Waals surface area contributed by atoms with Crippen LogP contribution in [-0.2, 0) is 6.54 Å². The van der Waals surface area contributed by atoms with Gasteiger partial charge in [-0.2, -0.15) is 0 Å². The predicted molar refractivity (Wildman–Crippen MR) is 78.0 cm³/mol. The highest BCUT2D eigenvalue weighted by molar-refractivity contribution is 9.10. The Morgan fingerprint density at radius 1 is 1.21 bits per heavy atom. The third-order valence-electron chi connectivity index (χ3n) is 2.62. The Morgan fingerprint density at radius 3 is 2.79 bits per heavy atom. The second kappa shape index (κ2) is 6.68. The lowest BCUT2D eigenvalue weighted by molar-refractivity contribution is 0.467. The molecule has 2 rings (SSSR count). The van der Waals surface area contributed by atoms with Gasteiger partial charge in [-0.25, -0.2) is 4.39 Å². The molecule has 0 saturated carbocycles. The van der Waals surface area contributed by atoms with Crippen molar-refractivity contribution in [1.82, 2.24) is 5.32 Å². The number of rotatable bonds is 5. The van der Waals surface area contributed by atoms with Gasteiger partial charge in [-0.1, -0.05) is 35.0 Å². The van der Waals surface area contributed by atoms with Gasteiger partial charge in [0, 0.05) is 22.6 Å². The molecule has 0 aliphatic rings. The molecule has 1 N–H and O–H groups in total. The van der Waals surface area contributed by atoms with Gasteiger partial charge >= 0.3 is 0 Å². The molecule has 0 heterocycles. The molecule has 4 heteroatoms. The zero-order valence-electron chi connectivity index (χ0n) is 10.6. The summed E-state index contributed by atoms with van der Waals surface area (Å²) in [4.78, 5) is 0. The van der Waals surface area contributed by atoms with Crippen molar-refractivity contribution < 1.29 is 9.13 Å². The van der Waals surface area contributed by atoms with Crippen LogP contribution in [0.25, 0.3) is 0 Å². The van der Waals surface area contributed by atoms with E-state index in [0.29, 0.717) is 12.3 Å². The summed E-state index contributed by atoms with van der Waals surface area (Å²) in [6.45, 7) is 3.65. The molecule has 100 valence electrons. The van der Waals surface area contributed by atoms with Crippen LogP contribution in [0.4, 0.5) is 4.39 Å². The maximum atomic E-state index is 13.2. The highest BCUT2D eigenvalue weighted by Crippen LogP contribution is 2.29. The third-order valence-corrected chi connectivity index (χ3v) is 3.11. The Labute approximate surface area is 120 Å². The Bertz CT molecular complexity index is 560. The summed E-state index contributed by atoms with van der Waals surface area (Å²) in [6.07, 6.45) is 0. The van der Waals surface area contributed by atoms with Gasteiger partial charge in [0.25, 0.3) is 0 Å². The van der Waals surface area contributed by atoms with Crippen molar-refractivity contribution in [3.63, 3.8) is 0 Å². The monoisotopic (exact) mass is 323 g/mol. The van der Waals surface area contributed by atoms with Crippen LogP contribution in [0.2, 0.25) is 0 Å². The summed E-state index contributed by atoms with van der Waals surface area (Å²) in [5.74, 6) is 0.914. The summed E-state index contributed by atoms with van der Waals surface area (Å²) in [5, 5.41) is 3.25. The van der Waals surface area contributed by atoms with E-state index in [4.69, 9.17) is 4.74 Å². The van der Waals surface area contributed by atoms with E-state index in [-0.39, 0.29) is 5.82 Å². The normalized spacial score (nSPS) is 10.5. The van der Waals surface area contributed by atoms with Gasteiger partial charge in [-0.15, -0.1) is 0 Å². The summed E-state index contributed by atoms with van der Waals surface area (Å²) >= 11 is 3.42. The standard InChI is InChI=1S/C15H15BrFNO/c1-2-18-10-11-6-7-12(16)8-15(11)19-14-5-3-4-13(17)9-14/h3-9,18H,2,10H2,1H3. The lowest BCUT2D eigenvalue weighted by Gasteiger charge is -2.12. The number of hydrogen-bond donors (Lipinski definition) is 1. The first-order valence-electron chi connectivity index (χ1n) is 6.11. The first-order valence-corrected chi connectivity index (χ1v) is 6.91. The Balaban J connectivity index is 2.24. The largest absolute Gasteiger partial charge is 0.457 e. The fourth-order valence-electron chi connectivity index (χ4n) is 1.69. The number of ether oxygens (including phenoxy) is 1. The van der Waals surface area contributed by atoms with Crippen molar-refractivity contribution in [2.75, 3.05) is 6.54 Å². The minimum Gasteiger partial charge on any atom is -0.457 e. The molecule has 0 aromatic heterocycles. The molecule has 2 nitrogen and oxygen atoms in total. The maximum absolute atomic E-state index is 13.2. The number of benzene rings is 2. The molecule has 0 spiro atoms. The molecule has 0 aliphatic carbocycles. The van der Waals surface area contributed by atoms with Gasteiger partial charge < -0.3 is 10.1 Å². The molecule has 19 heavy (non-hydrogen) atoms. The Kier molecular flexibility index (Phi) is 4.93. The second-order valence-corrected chi connectivity index (χ2v) is 5.01. The lowest BCUT2D eigenvalue weighted by Crippen LogP contribution is -2.12. The summed E-state index contributed by atoms with van der Waals surface area (Å²) in [6, 6.07) is 12.0. The first-order chi connectivity index (χ1) is 9.19. The fraction of sp³-hybridized carbons (Fsp3) is 0.200. The lowest BCUT2D eigenvalue weighted by atomic mass is 10.2. The van der Waals surface area contributed by atoms with Gasteiger partial charge in [0.1, 0.15) is 17.3 Å². The van der Waals surface area contributed by atoms with E-state index in [1.165, 1.54) is 12.1 Å². The van der Waals surface area contributed by atoms with E-state index < -0.39 is 0 Å². The van der Waals surface area contributed by atoms with Crippen LogP contribution in [0.15, 0.2) is 46.9 Å². The molecule has 0 saturated heterocycles. The summed E-state index contributed by atoms with van der Waals surface area (Å²) < 4.78 is 19.8. The molecule has 0 fully saturated rings. The highest BCUT2D eigenvalue weighted by Gasteiger charge is 2.06. The minimum absolute atomic E-state index is 0.305. The molecule has 2 aromatic carbocycles. The number of hydrogen-bond acceptors (Lipinski definition) is 2. The van der Waals surface area contributed by atoms with E-state index in [2.05, 4.69) is 21.2 Å². The van der Waals surface area contributed by atoms with E-state index in [1.54, 1.807) is 12.1 Å². The van der Waals surface area contributed by atoms with Gasteiger partial charge in [-0.3, -0.25) is 0 Å². The van der Waals surface area contributed by atoms with Crippen molar-refractivity contribution in [1.29, 1.82) is 0 Å². The predicted octanol–water partition coefficient (Wildman–Crippen LogP) is 4.49. The molecule has 0 radical (unpaired) electrons. The van der Waals surface area contributed by atoms with Crippen LogP contribution in [0.1, 0.15) is 12.5 Å². The van der Waals surface area contributed by atoms with Crippen molar-refractivity contribution in [2.45, 2.75) is 13.5 Å². The Hall–Kier alpha value is -1.39. The van der Waals surface area contributed by atoms with Crippen LogP contribution in [0.5, 0.6) is 11.5 Å². The van der Waals surface area contributed by atoms with Crippen molar-refractivity contribution in [2.24, 2.45) is 0 Å². The fourth-order valence-corrected chi connectivity index (χ4v) is 2.03. The average Bonchev–Trinajstić information content (AvgIpc) is 2.38. The van der Waals surface area contributed by atoms with Gasteiger partial charge in [0.15, 0.2) is 0 Å². The van der Waals surface area contributed by atoms with Crippen LogP contribution in [0.3, 0.4) is 0 Å². The second-order valence-electron chi connectivity index (χ2n) is 4.09.